The number of hydrogen-bond acceptors (Lipinski definition) is 6. The predicted molar refractivity (Wildman–Crippen MR) is 132 cm³/mol. The Morgan fingerprint density at radius 1 is 1.16 bits per heavy atom. The van der Waals surface area contributed by atoms with Gasteiger partial charge >= 0.3 is 0 Å². The van der Waals surface area contributed by atoms with Crippen molar-refractivity contribution >= 4 is 46.0 Å². The van der Waals surface area contributed by atoms with Crippen LogP contribution in [0, 0.1) is 0 Å². The third-order valence-electron chi connectivity index (χ3n) is 5.06. The smallest absolute Gasteiger partial charge is 0.262 e. The SMILES string of the molecule is CC(C)N(CCn1c(SCC(=O)Nc2ccc(Cl)cn2)nc2ccccc2c1=O)C(C)C. The van der Waals surface area contributed by atoms with E-state index in [0.717, 1.165) is 0 Å². The highest BCUT2D eigenvalue weighted by atomic mass is 35.5. The molecule has 0 saturated heterocycles. The van der Waals surface area contributed by atoms with E-state index in [0.29, 0.717) is 52.1 Å². The monoisotopic (exact) mass is 473 g/mol. The quantitative estimate of drug-likeness (QED) is 0.369. The Balaban J connectivity index is 1.82. The van der Waals surface area contributed by atoms with Gasteiger partial charge in [-0.1, -0.05) is 35.5 Å². The number of carbonyl (C=O) groups excluding carboxylic acids is 1. The third-order valence-corrected chi connectivity index (χ3v) is 6.26. The number of rotatable bonds is 9. The van der Waals surface area contributed by atoms with Crippen LogP contribution in [-0.4, -0.2) is 49.7 Å². The number of carbonyl (C=O) groups is 1. The van der Waals surface area contributed by atoms with Gasteiger partial charge in [-0.15, -0.1) is 0 Å². The van der Waals surface area contributed by atoms with E-state index in [1.807, 2.05) is 18.2 Å². The second-order valence-corrected chi connectivity index (χ2v) is 9.37. The third kappa shape index (κ3) is 6.09. The fourth-order valence-corrected chi connectivity index (χ4v) is 4.48. The number of benzene rings is 1. The number of nitrogens with one attached hydrogen (secondary N) is 1. The summed E-state index contributed by atoms with van der Waals surface area (Å²) in [4.78, 5) is 36.8. The highest BCUT2D eigenvalue weighted by Gasteiger charge is 2.17. The van der Waals surface area contributed by atoms with E-state index in [-0.39, 0.29) is 17.2 Å². The van der Waals surface area contributed by atoms with Crippen molar-refractivity contribution in [2.75, 3.05) is 17.6 Å². The molecule has 1 amide bonds. The van der Waals surface area contributed by atoms with Crippen LogP contribution in [0.25, 0.3) is 10.9 Å². The number of anilines is 1. The van der Waals surface area contributed by atoms with E-state index in [9.17, 15) is 9.59 Å². The van der Waals surface area contributed by atoms with E-state index in [4.69, 9.17) is 11.6 Å². The minimum absolute atomic E-state index is 0.0923. The highest BCUT2D eigenvalue weighted by Crippen LogP contribution is 2.19. The van der Waals surface area contributed by atoms with Crippen molar-refractivity contribution in [1.82, 2.24) is 19.4 Å². The summed E-state index contributed by atoms with van der Waals surface area (Å²) in [6.07, 6.45) is 1.47. The van der Waals surface area contributed by atoms with Crippen LogP contribution in [0.5, 0.6) is 0 Å². The Morgan fingerprint density at radius 2 is 1.88 bits per heavy atom. The summed E-state index contributed by atoms with van der Waals surface area (Å²) in [6, 6.07) is 11.3. The van der Waals surface area contributed by atoms with Gasteiger partial charge in [-0.25, -0.2) is 9.97 Å². The molecule has 1 aromatic carbocycles. The molecule has 0 bridgehead atoms. The number of halogens is 1. The van der Waals surface area contributed by atoms with Crippen molar-refractivity contribution in [3.05, 3.63) is 58.0 Å². The van der Waals surface area contributed by atoms with Crippen LogP contribution in [0.2, 0.25) is 5.02 Å². The molecular formula is C23H28ClN5O2S. The first-order chi connectivity index (χ1) is 15.3. The van der Waals surface area contributed by atoms with E-state index in [2.05, 4.69) is 47.9 Å². The molecule has 1 N–H and O–H groups in total. The zero-order valence-corrected chi connectivity index (χ0v) is 20.3. The van der Waals surface area contributed by atoms with E-state index in [1.165, 1.54) is 18.0 Å². The molecule has 0 radical (unpaired) electrons. The summed E-state index contributed by atoms with van der Waals surface area (Å²) in [5.41, 5.74) is 0.533. The Hall–Kier alpha value is -2.42. The maximum atomic E-state index is 13.2. The molecule has 0 aliphatic rings. The number of nitrogens with zero attached hydrogens (tertiary/aromatic N) is 4. The Labute approximate surface area is 197 Å². The largest absolute Gasteiger partial charge is 0.310 e. The lowest BCUT2D eigenvalue weighted by atomic mass is 10.2. The zero-order valence-electron chi connectivity index (χ0n) is 18.7. The van der Waals surface area contributed by atoms with Gasteiger partial charge in [-0.2, -0.15) is 0 Å². The van der Waals surface area contributed by atoms with Crippen molar-refractivity contribution in [2.45, 2.75) is 51.5 Å². The van der Waals surface area contributed by atoms with Gasteiger partial charge in [0.2, 0.25) is 5.91 Å². The summed E-state index contributed by atoms with van der Waals surface area (Å²) in [5, 5.41) is 4.34. The van der Waals surface area contributed by atoms with Crippen LogP contribution in [0.1, 0.15) is 27.7 Å². The molecule has 2 aromatic heterocycles. The van der Waals surface area contributed by atoms with Crippen LogP contribution in [-0.2, 0) is 11.3 Å². The molecule has 0 aliphatic heterocycles. The lowest BCUT2D eigenvalue weighted by Crippen LogP contribution is -2.40. The van der Waals surface area contributed by atoms with Gasteiger partial charge in [0.1, 0.15) is 5.82 Å². The summed E-state index contributed by atoms with van der Waals surface area (Å²) < 4.78 is 1.68. The number of amides is 1. The summed E-state index contributed by atoms with van der Waals surface area (Å²) >= 11 is 7.08. The number of fused-ring (bicyclic) bond motifs is 1. The maximum Gasteiger partial charge on any atom is 0.262 e. The molecule has 0 saturated carbocycles. The fraction of sp³-hybridized carbons (Fsp3) is 0.391. The molecule has 3 rings (SSSR count). The van der Waals surface area contributed by atoms with Crippen molar-refractivity contribution < 1.29 is 4.79 Å². The van der Waals surface area contributed by atoms with Crippen molar-refractivity contribution in [3.8, 4) is 0 Å². The summed E-state index contributed by atoms with van der Waals surface area (Å²) in [5.74, 6) is 0.297. The van der Waals surface area contributed by atoms with Crippen molar-refractivity contribution in [3.63, 3.8) is 0 Å². The molecular weight excluding hydrogens is 446 g/mol. The Kier molecular flexibility index (Phi) is 8.28. The first-order valence-electron chi connectivity index (χ1n) is 10.6. The molecule has 0 aliphatic carbocycles. The normalized spacial score (nSPS) is 11.6. The van der Waals surface area contributed by atoms with Gasteiger partial charge in [0, 0.05) is 31.4 Å². The molecule has 32 heavy (non-hydrogen) atoms. The maximum absolute atomic E-state index is 13.2. The van der Waals surface area contributed by atoms with Crippen molar-refractivity contribution in [2.24, 2.45) is 0 Å². The van der Waals surface area contributed by atoms with Gasteiger partial charge in [-0.05, 0) is 52.0 Å². The predicted octanol–water partition coefficient (Wildman–Crippen LogP) is 4.29. The molecule has 0 unspecified atom stereocenters. The Bertz CT molecular complexity index is 1120. The first kappa shape index (κ1) is 24.2. The molecule has 0 atom stereocenters. The van der Waals surface area contributed by atoms with Crippen LogP contribution < -0.4 is 10.9 Å². The molecule has 9 heteroatoms. The molecule has 2 heterocycles. The number of thioether (sulfide) groups is 1. The van der Waals surface area contributed by atoms with Crippen LogP contribution >= 0.6 is 23.4 Å². The second-order valence-electron chi connectivity index (χ2n) is 7.99. The lowest BCUT2D eigenvalue weighted by molar-refractivity contribution is -0.113. The van der Waals surface area contributed by atoms with Crippen LogP contribution in [0.15, 0.2) is 52.5 Å². The van der Waals surface area contributed by atoms with Crippen molar-refractivity contribution in [1.29, 1.82) is 0 Å². The molecule has 7 nitrogen and oxygen atoms in total. The topological polar surface area (TPSA) is 80.1 Å². The van der Waals surface area contributed by atoms with Gasteiger partial charge in [0.15, 0.2) is 5.16 Å². The van der Waals surface area contributed by atoms with Crippen LogP contribution in [0.4, 0.5) is 5.82 Å². The van der Waals surface area contributed by atoms with E-state index in [1.54, 1.807) is 22.8 Å². The van der Waals surface area contributed by atoms with Crippen LogP contribution in [0.3, 0.4) is 0 Å². The molecule has 0 fully saturated rings. The summed E-state index contributed by atoms with van der Waals surface area (Å²) in [7, 11) is 0. The van der Waals surface area contributed by atoms with Gasteiger partial charge in [-0.3, -0.25) is 19.1 Å². The van der Waals surface area contributed by atoms with Gasteiger partial charge < -0.3 is 5.32 Å². The minimum Gasteiger partial charge on any atom is -0.310 e. The second kappa shape index (κ2) is 10.9. The average molecular weight is 474 g/mol. The zero-order chi connectivity index (χ0) is 23.3. The number of hydrogen-bond donors (Lipinski definition) is 1. The first-order valence-corrected chi connectivity index (χ1v) is 11.9. The number of aromatic nitrogens is 3. The fourth-order valence-electron chi connectivity index (χ4n) is 3.54. The lowest BCUT2D eigenvalue weighted by Gasteiger charge is -2.30. The summed E-state index contributed by atoms with van der Waals surface area (Å²) in [6.45, 7) is 9.79. The minimum atomic E-state index is -0.232. The molecule has 3 aromatic rings. The van der Waals surface area contributed by atoms with Gasteiger partial charge in [0.25, 0.3) is 5.56 Å². The van der Waals surface area contributed by atoms with Gasteiger partial charge in [0.05, 0.1) is 21.7 Å². The Morgan fingerprint density at radius 3 is 2.53 bits per heavy atom. The number of pyridine rings is 1. The molecule has 170 valence electrons. The average Bonchev–Trinajstić information content (AvgIpc) is 2.75. The standard InChI is InChI=1S/C23H28ClN5O2S/c1-15(2)28(16(3)4)11-12-29-22(31)18-7-5-6-8-19(18)26-23(29)32-14-21(30)27-20-10-9-17(24)13-25-20/h5-10,13,15-16H,11-12,14H2,1-4H3,(H,25,27,30). The highest BCUT2D eigenvalue weighted by molar-refractivity contribution is 7.99. The molecule has 0 spiro atoms. The van der Waals surface area contributed by atoms with E-state index < -0.39 is 0 Å². The van der Waals surface area contributed by atoms with E-state index >= 15 is 0 Å². The number of para-hydroxylation sites is 1.